The lowest BCUT2D eigenvalue weighted by molar-refractivity contribution is -0.145. The highest BCUT2D eigenvalue weighted by Gasteiger charge is 2.72. The van der Waals surface area contributed by atoms with Crippen molar-refractivity contribution in [3.05, 3.63) is 58.1 Å². The Balaban J connectivity index is 1.63. The zero-order valence-electron chi connectivity index (χ0n) is 17.9. The number of piperidine rings is 1. The van der Waals surface area contributed by atoms with Crippen molar-refractivity contribution in [2.45, 2.75) is 36.5 Å². The molecule has 1 aromatic heterocycles. The molecule has 186 valence electrons. The minimum atomic E-state index is -4.90. The first-order valence-electron chi connectivity index (χ1n) is 10.7. The number of ether oxygens (including phenoxy) is 1. The Morgan fingerprint density at radius 2 is 1.94 bits per heavy atom. The van der Waals surface area contributed by atoms with Crippen molar-refractivity contribution in [3.63, 3.8) is 0 Å². The molecule has 2 saturated heterocycles. The van der Waals surface area contributed by atoms with Crippen LogP contribution in [0.3, 0.4) is 0 Å². The van der Waals surface area contributed by atoms with E-state index in [9.17, 15) is 27.2 Å². The Kier molecular flexibility index (Phi) is 5.51. The van der Waals surface area contributed by atoms with Crippen LogP contribution in [0.2, 0.25) is 5.02 Å². The maximum atomic E-state index is 15.1. The van der Waals surface area contributed by atoms with Gasteiger partial charge in [-0.1, -0.05) is 11.6 Å². The van der Waals surface area contributed by atoms with Crippen LogP contribution in [-0.4, -0.2) is 51.5 Å². The Bertz CT molecular complexity index is 1220. The summed E-state index contributed by atoms with van der Waals surface area (Å²) in [6.07, 6.45) is -3.65. The monoisotopic (exact) mass is 516 g/mol. The SMILES string of the molecule is NC(=O)C1CC2CC2([C@@H](c2cc(F)c(Cl)cc2F)C2COC2)N1C(=O)c1ccnc(C(F)(F)F)n1. The third-order valence-electron chi connectivity index (χ3n) is 7.11. The summed E-state index contributed by atoms with van der Waals surface area (Å²) in [6, 6.07) is 1.63. The van der Waals surface area contributed by atoms with Crippen LogP contribution in [0, 0.1) is 23.5 Å². The first kappa shape index (κ1) is 23.9. The Morgan fingerprint density at radius 3 is 2.54 bits per heavy atom. The fraction of sp³-hybridized carbons (Fsp3) is 0.455. The summed E-state index contributed by atoms with van der Waals surface area (Å²) >= 11 is 5.73. The topological polar surface area (TPSA) is 98.4 Å². The maximum absolute atomic E-state index is 15.1. The number of aromatic nitrogens is 2. The molecule has 3 heterocycles. The average Bonchev–Trinajstić information content (AvgIpc) is 3.37. The number of likely N-dealkylation sites (tertiary alicyclic amines) is 1. The summed E-state index contributed by atoms with van der Waals surface area (Å²) in [5.74, 6) is -6.48. The molecule has 4 atom stereocenters. The van der Waals surface area contributed by atoms with Gasteiger partial charge in [0.15, 0.2) is 0 Å². The molecule has 1 aliphatic carbocycles. The van der Waals surface area contributed by atoms with E-state index in [4.69, 9.17) is 22.1 Å². The maximum Gasteiger partial charge on any atom is 0.451 e. The fourth-order valence-electron chi connectivity index (χ4n) is 5.58. The Labute approximate surface area is 200 Å². The second kappa shape index (κ2) is 8.09. The lowest BCUT2D eigenvalue weighted by atomic mass is 9.76. The number of fused-ring (bicyclic) bond motifs is 1. The highest BCUT2D eigenvalue weighted by Crippen LogP contribution is 2.67. The normalized spacial score (nSPS) is 26.7. The van der Waals surface area contributed by atoms with Crippen LogP contribution >= 0.6 is 11.6 Å². The van der Waals surface area contributed by atoms with Crippen LogP contribution in [0.1, 0.15) is 40.6 Å². The van der Waals surface area contributed by atoms with E-state index in [0.717, 1.165) is 29.3 Å². The first-order valence-corrected chi connectivity index (χ1v) is 11.1. The number of nitrogens with zero attached hydrogens (tertiary/aromatic N) is 3. The number of carbonyl (C=O) groups excluding carboxylic acids is 2. The standard InChI is InChI=1S/C22H18ClF5N4O3/c23-12-5-13(24)11(4-14(12)25)17(9-7-35-8-9)21-6-10(21)3-16(18(29)33)32(21)19(34)15-1-2-30-20(31-15)22(26,27)28/h1-2,4-5,9-10,16-17H,3,6-8H2,(H2,29,33)/t10?,16?,17-,21?/m1/s1. The molecule has 1 saturated carbocycles. The van der Waals surface area contributed by atoms with E-state index in [-0.39, 0.29) is 37.0 Å². The largest absolute Gasteiger partial charge is 0.451 e. The van der Waals surface area contributed by atoms with Gasteiger partial charge in [0, 0.05) is 18.0 Å². The van der Waals surface area contributed by atoms with Gasteiger partial charge in [0.25, 0.3) is 5.91 Å². The number of primary amides is 1. The van der Waals surface area contributed by atoms with Gasteiger partial charge >= 0.3 is 6.18 Å². The van der Waals surface area contributed by atoms with Crippen LogP contribution in [0.4, 0.5) is 22.0 Å². The molecule has 3 aliphatic rings. The highest BCUT2D eigenvalue weighted by atomic mass is 35.5. The average molecular weight is 517 g/mol. The minimum Gasteiger partial charge on any atom is -0.381 e. The van der Waals surface area contributed by atoms with E-state index in [1.165, 1.54) is 0 Å². The zero-order valence-corrected chi connectivity index (χ0v) is 18.6. The van der Waals surface area contributed by atoms with E-state index >= 15 is 4.39 Å². The van der Waals surface area contributed by atoms with Gasteiger partial charge in [0.1, 0.15) is 23.4 Å². The number of benzene rings is 1. The van der Waals surface area contributed by atoms with Crippen molar-refractivity contribution in [3.8, 4) is 0 Å². The quantitative estimate of drug-likeness (QED) is 0.486. The van der Waals surface area contributed by atoms with E-state index < -0.39 is 63.7 Å². The van der Waals surface area contributed by atoms with Gasteiger partial charge in [0.2, 0.25) is 11.7 Å². The molecule has 2 N–H and O–H groups in total. The molecule has 3 unspecified atom stereocenters. The van der Waals surface area contributed by atoms with Gasteiger partial charge in [-0.15, -0.1) is 0 Å². The van der Waals surface area contributed by atoms with Gasteiger partial charge in [-0.3, -0.25) is 9.59 Å². The second-order valence-corrected chi connectivity index (χ2v) is 9.45. The van der Waals surface area contributed by atoms with Crippen molar-refractivity contribution in [2.75, 3.05) is 13.2 Å². The molecule has 0 radical (unpaired) electrons. The number of amides is 2. The molecular formula is C22H18ClF5N4O3. The number of halogens is 6. The molecule has 1 aromatic carbocycles. The van der Waals surface area contributed by atoms with Crippen LogP contribution in [0.15, 0.2) is 24.4 Å². The number of carbonyl (C=O) groups is 2. The van der Waals surface area contributed by atoms with Gasteiger partial charge < -0.3 is 15.4 Å². The summed E-state index contributed by atoms with van der Waals surface area (Å²) in [6.45, 7) is 0.385. The first-order chi connectivity index (χ1) is 16.4. The fourth-order valence-corrected chi connectivity index (χ4v) is 5.73. The number of hydrogen-bond donors (Lipinski definition) is 1. The predicted molar refractivity (Wildman–Crippen MR) is 110 cm³/mol. The van der Waals surface area contributed by atoms with Crippen LogP contribution in [0.25, 0.3) is 0 Å². The predicted octanol–water partition coefficient (Wildman–Crippen LogP) is 3.32. The molecule has 0 spiro atoms. The number of nitrogens with two attached hydrogens (primary N) is 1. The van der Waals surface area contributed by atoms with E-state index in [0.29, 0.717) is 6.42 Å². The van der Waals surface area contributed by atoms with Crippen molar-refractivity contribution in [1.82, 2.24) is 14.9 Å². The number of rotatable bonds is 5. The lowest BCUT2D eigenvalue weighted by Crippen LogP contribution is -2.55. The molecule has 7 nitrogen and oxygen atoms in total. The second-order valence-electron chi connectivity index (χ2n) is 9.05. The van der Waals surface area contributed by atoms with E-state index in [1.807, 2.05) is 0 Å². The molecule has 5 rings (SSSR count). The minimum absolute atomic E-state index is 0.0516. The Hall–Kier alpha value is -2.86. The van der Waals surface area contributed by atoms with Crippen molar-refractivity contribution < 1.29 is 36.3 Å². The van der Waals surface area contributed by atoms with Crippen molar-refractivity contribution in [2.24, 2.45) is 17.6 Å². The lowest BCUT2D eigenvalue weighted by Gasteiger charge is -2.44. The van der Waals surface area contributed by atoms with Gasteiger partial charge in [-0.05, 0) is 42.5 Å². The van der Waals surface area contributed by atoms with Crippen LogP contribution in [0.5, 0.6) is 0 Å². The third-order valence-corrected chi connectivity index (χ3v) is 7.40. The van der Waals surface area contributed by atoms with E-state index in [2.05, 4.69) is 9.97 Å². The molecular weight excluding hydrogens is 499 g/mol. The van der Waals surface area contributed by atoms with Crippen LogP contribution < -0.4 is 5.73 Å². The summed E-state index contributed by atoms with van der Waals surface area (Å²) in [5, 5.41) is -0.422. The summed E-state index contributed by atoms with van der Waals surface area (Å²) in [7, 11) is 0. The van der Waals surface area contributed by atoms with Gasteiger partial charge in [-0.2, -0.15) is 13.2 Å². The van der Waals surface area contributed by atoms with E-state index in [1.54, 1.807) is 0 Å². The molecule has 2 aromatic rings. The summed E-state index contributed by atoms with van der Waals surface area (Å²) in [5.41, 5.74) is 3.74. The zero-order chi connectivity index (χ0) is 25.3. The van der Waals surface area contributed by atoms with Crippen LogP contribution in [-0.2, 0) is 15.7 Å². The molecule has 0 bridgehead atoms. The molecule has 2 aliphatic heterocycles. The highest BCUT2D eigenvalue weighted by molar-refractivity contribution is 6.30. The molecule has 3 fully saturated rings. The summed E-state index contributed by atoms with van der Waals surface area (Å²) < 4.78 is 74.3. The summed E-state index contributed by atoms with van der Waals surface area (Å²) in [4.78, 5) is 33.5. The third kappa shape index (κ3) is 3.74. The Morgan fingerprint density at radius 1 is 1.23 bits per heavy atom. The van der Waals surface area contributed by atoms with Gasteiger partial charge in [-0.25, -0.2) is 18.7 Å². The number of alkyl halides is 3. The molecule has 35 heavy (non-hydrogen) atoms. The smallest absolute Gasteiger partial charge is 0.381 e. The number of hydrogen-bond acceptors (Lipinski definition) is 5. The van der Waals surface area contributed by atoms with Crippen molar-refractivity contribution in [1.29, 1.82) is 0 Å². The van der Waals surface area contributed by atoms with Gasteiger partial charge in [0.05, 0.1) is 23.8 Å². The molecule has 13 heteroatoms. The van der Waals surface area contributed by atoms with Crippen molar-refractivity contribution >= 4 is 23.4 Å². The molecule has 2 amide bonds.